The van der Waals surface area contributed by atoms with E-state index in [9.17, 15) is 15.0 Å². The quantitative estimate of drug-likeness (QED) is 0.383. The largest absolute Gasteiger partial charge is 0.426 e. The molecule has 26 heavy (non-hydrogen) atoms. The van der Waals surface area contributed by atoms with Crippen molar-refractivity contribution in [2.45, 2.75) is 74.8 Å². The number of aliphatic hydroxyl groups excluding tert-OH is 1. The van der Waals surface area contributed by atoms with Crippen molar-refractivity contribution in [3.8, 4) is 0 Å². The van der Waals surface area contributed by atoms with E-state index in [2.05, 4.69) is 6.58 Å². The van der Waals surface area contributed by atoms with Crippen LogP contribution < -0.4 is 0 Å². The summed E-state index contributed by atoms with van der Waals surface area (Å²) in [4.78, 5) is 12.3. The molecule has 2 saturated heterocycles. The smallest absolute Gasteiger partial charge is 0.336 e. The first-order chi connectivity index (χ1) is 12.1. The van der Waals surface area contributed by atoms with Crippen molar-refractivity contribution < 1.29 is 29.2 Å². The van der Waals surface area contributed by atoms with E-state index < -0.39 is 34.7 Å². The average Bonchev–Trinajstić information content (AvgIpc) is 3.41. The average molecular weight is 360 g/mol. The molecule has 2 N–H and O–H groups in total. The zero-order chi connectivity index (χ0) is 18.4. The van der Waals surface area contributed by atoms with Crippen LogP contribution in [0.1, 0.15) is 40.0 Å². The molecule has 6 nitrogen and oxygen atoms in total. The molecule has 6 aliphatic rings. The Morgan fingerprint density at radius 1 is 1.31 bits per heavy atom. The second-order valence-electron chi connectivity index (χ2n) is 9.42. The van der Waals surface area contributed by atoms with Crippen LogP contribution in [-0.2, 0) is 19.0 Å². The molecule has 3 heterocycles. The number of esters is 1. The van der Waals surface area contributed by atoms with Gasteiger partial charge in [0.2, 0.25) is 5.79 Å². The predicted molar refractivity (Wildman–Crippen MR) is 88.7 cm³/mol. The number of epoxide rings is 2. The summed E-state index contributed by atoms with van der Waals surface area (Å²) >= 11 is 0. The summed E-state index contributed by atoms with van der Waals surface area (Å²) in [6, 6.07) is 0. The molecule has 0 aromatic heterocycles. The molecule has 3 aliphatic heterocycles. The van der Waals surface area contributed by atoms with Gasteiger partial charge < -0.3 is 24.4 Å². The Bertz CT molecular complexity index is 832. The molecule has 3 saturated carbocycles. The van der Waals surface area contributed by atoms with E-state index in [1.807, 2.05) is 13.8 Å². The highest BCUT2D eigenvalue weighted by atomic mass is 16.7. The van der Waals surface area contributed by atoms with Gasteiger partial charge in [-0.05, 0) is 32.6 Å². The number of fused-ring (bicyclic) bond motifs is 5. The van der Waals surface area contributed by atoms with Crippen molar-refractivity contribution in [1.82, 2.24) is 0 Å². The molecule has 3 aliphatic carbocycles. The van der Waals surface area contributed by atoms with Gasteiger partial charge in [-0.2, -0.15) is 0 Å². The highest BCUT2D eigenvalue weighted by Gasteiger charge is 2.95. The summed E-state index contributed by atoms with van der Waals surface area (Å²) in [7, 11) is 0. The fourth-order valence-electron chi connectivity index (χ4n) is 7.10. The minimum atomic E-state index is -1.61. The number of hydrogen-bond acceptors (Lipinski definition) is 6. The fourth-order valence-corrected chi connectivity index (χ4v) is 7.10. The summed E-state index contributed by atoms with van der Waals surface area (Å²) in [5.41, 5.74) is 0.281. The van der Waals surface area contributed by atoms with Gasteiger partial charge in [0, 0.05) is 29.4 Å². The Balaban J connectivity index is 1.61. The van der Waals surface area contributed by atoms with Crippen LogP contribution in [0.4, 0.5) is 0 Å². The number of hydrogen-bond donors (Lipinski definition) is 2. The normalized spacial score (nSPS) is 61.8. The molecule has 0 aromatic rings. The maximum atomic E-state index is 12.3. The number of aliphatic hydroxyl groups is 2. The van der Waals surface area contributed by atoms with E-state index in [4.69, 9.17) is 14.2 Å². The van der Waals surface area contributed by atoms with Crippen LogP contribution in [-0.4, -0.2) is 51.0 Å². The second kappa shape index (κ2) is 3.97. The Hall–Kier alpha value is -1.21. The van der Waals surface area contributed by atoms with Gasteiger partial charge in [-0.3, -0.25) is 0 Å². The molecule has 6 heteroatoms. The number of carbonyl (C=O) groups is 1. The van der Waals surface area contributed by atoms with Gasteiger partial charge in [0.1, 0.15) is 22.9 Å². The minimum Gasteiger partial charge on any atom is -0.426 e. The van der Waals surface area contributed by atoms with Crippen molar-refractivity contribution in [3.63, 3.8) is 0 Å². The lowest BCUT2D eigenvalue weighted by atomic mass is 9.58. The third-order valence-electron chi connectivity index (χ3n) is 8.17. The van der Waals surface area contributed by atoms with E-state index in [0.29, 0.717) is 17.6 Å². The molecule has 5 fully saturated rings. The van der Waals surface area contributed by atoms with Crippen molar-refractivity contribution >= 4 is 5.97 Å². The van der Waals surface area contributed by atoms with Crippen LogP contribution >= 0.6 is 0 Å². The van der Waals surface area contributed by atoms with Crippen LogP contribution in [0.25, 0.3) is 0 Å². The fraction of sp³-hybridized carbons (Fsp3) is 0.750. The van der Waals surface area contributed by atoms with Gasteiger partial charge >= 0.3 is 5.97 Å². The topological polar surface area (TPSA) is 91.8 Å². The van der Waals surface area contributed by atoms with Crippen molar-refractivity contribution in [3.05, 3.63) is 23.3 Å². The molecular formula is C20H24O6. The number of rotatable bonds is 0. The predicted octanol–water partition coefficient (Wildman–Crippen LogP) is 1.21. The van der Waals surface area contributed by atoms with Gasteiger partial charge in [0.15, 0.2) is 0 Å². The van der Waals surface area contributed by atoms with Gasteiger partial charge in [0.05, 0.1) is 6.10 Å². The van der Waals surface area contributed by atoms with Crippen molar-refractivity contribution in [2.75, 3.05) is 0 Å². The Labute approximate surface area is 151 Å². The molecule has 0 amide bonds. The van der Waals surface area contributed by atoms with Crippen LogP contribution in [0.15, 0.2) is 23.3 Å². The van der Waals surface area contributed by atoms with Crippen LogP contribution in [0, 0.1) is 17.8 Å². The maximum Gasteiger partial charge on any atom is 0.336 e. The molecule has 9 atom stereocenters. The standard InChI is InChI=1S/C20H24O6/c1-8-5-6-19(23)12(10(3)15(22)24-19)13-11(8)20-14(21)9(2)7-18(20,26-20)16-17(13,4)25-16/h9,11,13-14,16,21,23H,1,5-7H2,2-4H3/t9-,11-,13+,14-,16+,17+,18+,19+,20+/m1/s1. The summed E-state index contributed by atoms with van der Waals surface area (Å²) in [6.45, 7) is 10.1. The maximum absolute atomic E-state index is 12.3. The Kier molecular flexibility index (Phi) is 2.41. The lowest BCUT2D eigenvalue weighted by Gasteiger charge is -2.41. The molecule has 6 rings (SSSR count). The molecule has 0 bridgehead atoms. The number of carbonyl (C=O) groups excluding carboxylic acids is 1. The lowest BCUT2D eigenvalue weighted by Crippen LogP contribution is -2.55. The first kappa shape index (κ1) is 15.8. The SMILES string of the molecule is C=C1CC[C@]2(O)OC(=O)C(C)=C2[C@@H]2[C@@H]1[C@@]13O[C@@]1(C[C@@H](C)[C@H]3O)[C@H]1O[C@@]21C. The summed E-state index contributed by atoms with van der Waals surface area (Å²) in [6.07, 6.45) is 0.827. The highest BCUT2D eigenvalue weighted by molar-refractivity contribution is 5.92. The molecule has 140 valence electrons. The van der Waals surface area contributed by atoms with Gasteiger partial charge in [-0.1, -0.05) is 19.1 Å². The van der Waals surface area contributed by atoms with Crippen molar-refractivity contribution in [1.29, 1.82) is 0 Å². The van der Waals surface area contributed by atoms with Crippen LogP contribution in [0.2, 0.25) is 0 Å². The van der Waals surface area contributed by atoms with Crippen LogP contribution in [0.5, 0.6) is 0 Å². The molecular weight excluding hydrogens is 336 g/mol. The first-order valence-electron chi connectivity index (χ1n) is 9.53. The van der Waals surface area contributed by atoms with Gasteiger partial charge in [-0.15, -0.1) is 0 Å². The van der Waals surface area contributed by atoms with E-state index in [1.54, 1.807) is 6.92 Å². The van der Waals surface area contributed by atoms with Crippen molar-refractivity contribution in [2.24, 2.45) is 17.8 Å². The monoisotopic (exact) mass is 360 g/mol. The van der Waals surface area contributed by atoms with E-state index in [0.717, 1.165) is 12.0 Å². The van der Waals surface area contributed by atoms with E-state index >= 15 is 0 Å². The minimum absolute atomic E-state index is 0.113. The molecule has 0 spiro atoms. The van der Waals surface area contributed by atoms with E-state index in [1.165, 1.54) is 0 Å². The third kappa shape index (κ3) is 1.31. The Morgan fingerprint density at radius 2 is 2.04 bits per heavy atom. The van der Waals surface area contributed by atoms with Gasteiger partial charge in [0.25, 0.3) is 0 Å². The summed E-state index contributed by atoms with van der Waals surface area (Å²) in [5, 5.41) is 22.3. The molecule has 0 aromatic carbocycles. The lowest BCUT2D eigenvalue weighted by molar-refractivity contribution is -0.185. The van der Waals surface area contributed by atoms with E-state index in [-0.39, 0.29) is 30.3 Å². The highest BCUT2D eigenvalue weighted by Crippen LogP contribution is 2.81. The summed E-state index contributed by atoms with van der Waals surface area (Å²) in [5.74, 6) is -2.44. The first-order valence-corrected chi connectivity index (χ1v) is 9.53. The molecule has 0 radical (unpaired) electrons. The molecule has 0 unspecified atom stereocenters. The number of ether oxygens (including phenoxy) is 3. The second-order valence-corrected chi connectivity index (χ2v) is 9.42. The van der Waals surface area contributed by atoms with Gasteiger partial charge in [-0.25, -0.2) is 4.79 Å². The zero-order valence-corrected chi connectivity index (χ0v) is 15.2. The zero-order valence-electron chi connectivity index (χ0n) is 15.2. The van der Waals surface area contributed by atoms with Crippen LogP contribution in [0.3, 0.4) is 0 Å². The Morgan fingerprint density at radius 3 is 2.77 bits per heavy atom. The third-order valence-corrected chi connectivity index (χ3v) is 8.17. The summed E-state index contributed by atoms with van der Waals surface area (Å²) < 4.78 is 18.0.